The van der Waals surface area contributed by atoms with Crippen LogP contribution in [0.25, 0.3) is 10.8 Å². The average Bonchev–Trinajstić information content (AvgIpc) is 2.65. The summed E-state index contributed by atoms with van der Waals surface area (Å²) in [6, 6.07) is 15.5. The van der Waals surface area contributed by atoms with Crippen molar-refractivity contribution < 1.29 is 9.90 Å². The molecule has 0 bridgehead atoms. The Morgan fingerprint density at radius 1 is 1.17 bits per heavy atom. The van der Waals surface area contributed by atoms with Crippen LogP contribution in [0.1, 0.15) is 34.5 Å². The monoisotopic (exact) mass is 320 g/mol. The second kappa shape index (κ2) is 7.23. The molecule has 1 aromatic heterocycles. The van der Waals surface area contributed by atoms with E-state index in [9.17, 15) is 9.90 Å². The second-order valence-corrected chi connectivity index (χ2v) is 5.72. The van der Waals surface area contributed by atoms with Crippen molar-refractivity contribution in [2.24, 2.45) is 0 Å². The van der Waals surface area contributed by atoms with E-state index in [4.69, 9.17) is 0 Å². The molecule has 2 aromatic carbocycles. The molecule has 1 heterocycles. The van der Waals surface area contributed by atoms with Gasteiger partial charge in [-0.1, -0.05) is 43.3 Å². The topological polar surface area (TPSA) is 62.2 Å². The predicted octanol–water partition coefficient (Wildman–Crippen LogP) is 3.26. The Hall–Kier alpha value is -2.72. The fourth-order valence-electron chi connectivity index (χ4n) is 2.75. The smallest absolute Gasteiger partial charge is 0.251 e. The number of aliphatic hydroxyl groups is 1. The van der Waals surface area contributed by atoms with Gasteiger partial charge in [0.25, 0.3) is 5.91 Å². The van der Waals surface area contributed by atoms with Gasteiger partial charge in [-0.15, -0.1) is 0 Å². The van der Waals surface area contributed by atoms with Crippen molar-refractivity contribution in [1.29, 1.82) is 0 Å². The van der Waals surface area contributed by atoms with E-state index in [0.29, 0.717) is 5.56 Å². The molecule has 3 aromatic rings. The highest BCUT2D eigenvalue weighted by atomic mass is 16.3. The summed E-state index contributed by atoms with van der Waals surface area (Å²) >= 11 is 0. The van der Waals surface area contributed by atoms with Crippen LogP contribution in [0.2, 0.25) is 0 Å². The highest BCUT2D eigenvalue weighted by molar-refractivity contribution is 5.95. The van der Waals surface area contributed by atoms with E-state index >= 15 is 0 Å². The van der Waals surface area contributed by atoms with Gasteiger partial charge in [0.15, 0.2) is 0 Å². The van der Waals surface area contributed by atoms with Crippen molar-refractivity contribution in [2.45, 2.75) is 19.4 Å². The lowest BCUT2D eigenvalue weighted by Gasteiger charge is -2.14. The molecule has 0 radical (unpaired) electrons. The van der Waals surface area contributed by atoms with E-state index in [-0.39, 0.29) is 12.5 Å². The first-order chi connectivity index (χ1) is 11.7. The largest absolute Gasteiger partial charge is 0.387 e. The maximum atomic E-state index is 12.3. The summed E-state index contributed by atoms with van der Waals surface area (Å²) < 4.78 is 0. The number of aromatic nitrogens is 1. The molecule has 122 valence electrons. The molecule has 4 nitrogen and oxygen atoms in total. The molecule has 0 saturated heterocycles. The summed E-state index contributed by atoms with van der Waals surface area (Å²) in [7, 11) is 0. The number of aliphatic hydroxyl groups excluding tert-OH is 1. The molecule has 24 heavy (non-hydrogen) atoms. The first-order valence-electron chi connectivity index (χ1n) is 8.07. The van der Waals surface area contributed by atoms with Gasteiger partial charge in [0, 0.05) is 24.5 Å². The minimum atomic E-state index is -0.745. The summed E-state index contributed by atoms with van der Waals surface area (Å²) in [4.78, 5) is 16.4. The summed E-state index contributed by atoms with van der Waals surface area (Å²) in [6.07, 6.45) is 3.30. The van der Waals surface area contributed by atoms with E-state index in [1.165, 1.54) is 0 Å². The Balaban J connectivity index is 1.70. The van der Waals surface area contributed by atoms with Gasteiger partial charge in [-0.05, 0) is 40.5 Å². The van der Waals surface area contributed by atoms with Crippen LogP contribution in [0.4, 0.5) is 0 Å². The van der Waals surface area contributed by atoms with Crippen LogP contribution in [0, 0.1) is 0 Å². The van der Waals surface area contributed by atoms with E-state index in [1.54, 1.807) is 18.5 Å². The molecule has 0 fully saturated rings. The van der Waals surface area contributed by atoms with Crippen molar-refractivity contribution >= 4 is 16.7 Å². The van der Waals surface area contributed by atoms with Gasteiger partial charge >= 0.3 is 0 Å². The molecule has 1 unspecified atom stereocenters. The fraction of sp³-hybridized carbons (Fsp3) is 0.200. The third-order valence-corrected chi connectivity index (χ3v) is 4.14. The maximum absolute atomic E-state index is 12.3. The van der Waals surface area contributed by atoms with Gasteiger partial charge in [-0.3, -0.25) is 9.78 Å². The van der Waals surface area contributed by atoms with Gasteiger partial charge in [-0.25, -0.2) is 0 Å². The number of fused-ring (bicyclic) bond motifs is 1. The maximum Gasteiger partial charge on any atom is 0.251 e. The highest BCUT2D eigenvalue weighted by Gasteiger charge is 2.13. The molecular formula is C20H20N2O2. The Labute approximate surface area is 141 Å². The van der Waals surface area contributed by atoms with Crippen molar-refractivity contribution in [3.05, 3.63) is 77.6 Å². The van der Waals surface area contributed by atoms with Gasteiger partial charge in [0.05, 0.1) is 6.10 Å². The lowest BCUT2D eigenvalue weighted by atomic mass is 10.0. The molecule has 1 amide bonds. The number of aryl methyl sites for hydroxylation is 1. The first-order valence-corrected chi connectivity index (χ1v) is 8.07. The number of nitrogens with zero attached hydrogens (tertiary/aromatic N) is 1. The minimum absolute atomic E-state index is 0.169. The number of hydrogen-bond donors (Lipinski definition) is 2. The Morgan fingerprint density at radius 3 is 2.75 bits per heavy atom. The molecule has 2 N–H and O–H groups in total. The Bertz CT molecular complexity index is 861. The molecule has 0 aliphatic rings. The van der Waals surface area contributed by atoms with Crippen molar-refractivity contribution in [1.82, 2.24) is 10.3 Å². The van der Waals surface area contributed by atoms with E-state index in [2.05, 4.69) is 10.3 Å². The standard InChI is InChI=1S/C20H20N2O2/c1-2-14-12-21-10-9-18(14)20(24)22-13-19(23)17-8-7-15-5-3-4-6-16(15)11-17/h3-12,19,23H,2,13H2,1H3,(H,22,24). The highest BCUT2D eigenvalue weighted by Crippen LogP contribution is 2.20. The lowest BCUT2D eigenvalue weighted by molar-refractivity contribution is 0.0915. The summed E-state index contributed by atoms with van der Waals surface area (Å²) in [5.74, 6) is -0.186. The number of carbonyl (C=O) groups is 1. The van der Waals surface area contributed by atoms with Crippen LogP contribution in [-0.4, -0.2) is 22.5 Å². The van der Waals surface area contributed by atoms with Gasteiger partial charge in [-0.2, -0.15) is 0 Å². The molecule has 0 saturated carbocycles. The number of hydrogen-bond acceptors (Lipinski definition) is 3. The van der Waals surface area contributed by atoms with Crippen LogP contribution in [-0.2, 0) is 6.42 Å². The van der Waals surface area contributed by atoms with Crippen molar-refractivity contribution in [2.75, 3.05) is 6.54 Å². The third-order valence-electron chi connectivity index (χ3n) is 4.14. The quantitative estimate of drug-likeness (QED) is 0.758. The fourth-order valence-corrected chi connectivity index (χ4v) is 2.75. The number of carbonyl (C=O) groups excluding carboxylic acids is 1. The first kappa shape index (κ1) is 16.1. The van der Waals surface area contributed by atoms with Crippen molar-refractivity contribution in [3.8, 4) is 0 Å². The Morgan fingerprint density at radius 2 is 1.96 bits per heavy atom. The molecule has 0 aliphatic carbocycles. The predicted molar refractivity (Wildman–Crippen MR) is 94.9 cm³/mol. The van der Waals surface area contributed by atoms with Crippen LogP contribution in [0.3, 0.4) is 0 Å². The van der Waals surface area contributed by atoms with Crippen LogP contribution in [0.5, 0.6) is 0 Å². The van der Waals surface area contributed by atoms with Crippen molar-refractivity contribution in [3.63, 3.8) is 0 Å². The van der Waals surface area contributed by atoms with Crippen LogP contribution >= 0.6 is 0 Å². The third kappa shape index (κ3) is 3.44. The van der Waals surface area contributed by atoms with Gasteiger partial charge < -0.3 is 10.4 Å². The number of rotatable bonds is 5. The molecule has 0 aliphatic heterocycles. The van der Waals surface area contributed by atoms with E-state index in [0.717, 1.165) is 28.3 Å². The second-order valence-electron chi connectivity index (χ2n) is 5.72. The molecule has 3 rings (SSSR count). The summed E-state index contributed by atoms with van der Waals surface area (Å²) in [5, 5.41) is 15.4. The average molecular weight is 320 g/mol. The zero-order valence-corrected chi connectivity index (χ0v) is 13.6. The lowest BCUT2D eigenvalue weighted by Crippen LogP contribution is -2.29. The molecule has 4 heteroatoms. The molecular weight excluding hydrogens is 300 g/mol. The minimum Gasteiger partial charge on any atom is -0.387 e. The Kier molecular flexibility index (Phi) is 4.87. The zero-order chi connectivity index (χ0) is 16.9. The van der Waals surface area contributed by atoms with Crippen LogP contribution in [0.15, 0.2) is 60.9 Å². The summed E-state index contributed by atoms with van der Waals surface area (Å²) in [6.45, 7) is 2.15. The van der Waals surface area contributed by atoms with Gasteiger partial charge in [0.2, 0.25) is 0 Å². The van der Waals surface area contributed by atoms with Gasteiger partial charge in [0.1, 0.15) is 0 Å². The van der Waals surface area contributed by atoms with Crippen LogP contribution < -0.4 is 5.32 Å². The van der Waals surface area contributed by atoms with E-state index in [1.807, 2.05) is 49.4 Å². The number of amides is 1. The molecule has 0 spiro atoms. The number of nitrogens with one attached hydrogen (secondary N) is 1. The summed E-state index contributed by atoms with van der Waals surface area (Å²) in [5.41, 5.74) is 2.30. The number of pyridine rings is 1. The molecule has 1 atom stereocenters. The zero-order valence-electron chi connectivity index (χ0n) is 13.6. The van der Waals surface area contributed by atoms with E-state index < -0.39 is 6.10 Å². The normalized spacial score (nSPS) is 12.1. The SMILES string of the molecule is CCc1cnccc1C(=O)NCC(O)c1ccc2ccccc2c1. The number of benzene rings is 2.